The van der Waals surface area contributed by atoms with Crippen LogP contribution in [0, 0.1) is 0 Å². The Bertz CT molecular complexity index is 775. The summed E-state index contributed by atoms with van der Waals surface area (Å²) in [5.74, 6) is 0.603. The van der Waals surface area contributed by atoms with Gasteiger partial charge in [0.25, 0.3) is 0 Å². The summed E-state index contributed by atoms with van der Waals surface area (Å²) in [7, 11) is 1.59. The predicted molar refractivity (Wildman–Crippen MR) is 104 cm³/mol. The van der Waals surface area contributed by atoms with Crippen LogP contribution in [0.4, 0.5) is 10.5 Å². The van der Waals surface area contributed by atoms with Crippen molar-refractivity contribution in [1.82, 2.24) is 14.8 Å². The van der Waals surface area contributed by atoms with Crippen molar-refractivity contribution in [2.24, 2.45) is 0 Å². The maximum atomic E-state index is 12.8. The van der Waals surface area contributed by atoms with Crippen LogP contribution < -0.4 is 10.1 Å². The summed E-state index contributed by atoms with van der Waals surface area (Å²) in [6.45, 7) is 4.12. The Kier molecular flexibility index (Phi) is 4.91. The van der Waals surface area contributed by atoms with Crippen LogP contribution in [0.25, 0.3) is 0 Å². The Morgan fingerprint density at radius 2 is 2.18 bits per heavy atom. The van der Waals surface area contributed by atoms with Crippen molar-refractivity contribution < 1.29 is 19.4 Å². The van der Waals surface area contributed by atoms with Crippen LogP contribution in [0.3, 0.4) is 0 Å². The highest BCUT2D eigenvalue weighted by Crippen LogP contribution is 2.48. The van der Waals surface area contributed by atoms with Crippen molar-refractivity contribution in [2.75, 3.05) is 32.1 Å². The van der Waals surface area contributed by atoms with Gasteiger partial charge in [-0.2, -0.15) is 0 Å². The van der Waals surface area contributed by atoms with E-state index in [1.807, 2.05) is 13.0 Å². The zero-order valence-electron chi connectivity index (χ0n) is 16.5. The SMILES string of the molecule is CCN(C(=O)O)[C@H]1CCN(C2CCC3(CC2)C(=O)Nc2cnc(OC)cc23)C1. The van der Waals surface area contributed by atoms with Crippen LogP contribution >= 0.6 is 0 Å². The molecule has 4 rings (SSSR count). The summed E-state index contributed by atoms with van der Waals surface area (Å²) in [4.78, 5) is 32.4. The molecule has 1 aliphatic carbocycles. The van der Waals surface area contributed by atoms with Gasteiger partial charge in [0.1, 0.15) is 0 Å². The van der Waals surface area contributed by atoms with Gasteiger partial charge >= 0.3 is 6.09 Å². The fourth-order valence-electron chi connectivity index (χ4n) is 5.27. The molecule has 3 heterocycles. The molecule has 2 fully saturated rings. The maximum absolute atomic E-state index is 12.8. The number of likely N-dealkylation sites (tertiary alicyclic amines) is 1. The van der Waals surface area contributed by atoms with Crippen LogP contribution in [-0.2, 0) is 10.2 Å². The van der Waals surface area contributed by atoms with Gasteiger partial charge in [-0.3, -0.25) is 9.69 Å². The van der Waals surface area contributed by atoms with Crippen molar-refractivity contribution in [3.63, 3.8) is 0 Å². The topological polar surface area (TPSA) is 95.0 Å². The minimum atomic E-state index is -0.835. The fourth-order valence-corrected chi connectivity index (χ4v) is 5.27. The summed E-state index contributed by atoms with van der Waals surface area (Å²) in [6, 6.07) is 2.37. The number of anilines is 1. The lowest BCUT2D eigenvalue weighted by Crippen LogP contribution is -2.46. The van der Waals surface area contributed by atoms with Gasteiger partial charge in [0.15, 0.2) is 0 Å². The molecule has 1 aromatic heterocycles. The molecular formula is C20H28N4O4. The van der Waals surface area contributed by atoms with Crippen molar-refractivity contribution in [1.29, 1.82) is 0 Å². The summed E-state index contributed by atoms with van der Waals surface area (Å²) in [5, 5.41) is 12.4. The van der Waals surface area contributed by atoms with Gasteiger partial charge in [-0.1, -0.05) is 0 Å². The molecule has 8 heteroatoms. The van der Waals surface area contributed by atoms with Crippen molar-refractivity contribution in [3.05, 3.63) is 17.8 Å². The van der Waals surface area contributed by atoms with Crippen molar-refractivity contribution >= 4 is 17.7 Å². The van der Waals surface area contributed by atoms with Gasteiger partial charge < -0.3 is 20.1 Å². The lowest BCUT2D eigenvalue weighted by molar-refractivity contribution is -0.122. The molecule has 28 heavy (non-hydrogen) atoms. The number of pyridine rings is 1. The van der Waals surface area contributed by atoms with E-state index in [0.717, 1.165) is 56.4 Å². The van der Waals surface area contributed by atoms with Gasteiger partial charge in [-0.25, -0.2) is 9.78 Å². The summed E-state index contributed by atoms with van der Waals surface area (Å²) in [6.07, 6.45) is 5.19. The monoisotopic (exact) mass is 388 g/mol. The molecule has 0 aromatic carbocycles. The number of fused-ring (bicyclic) bond motifs is 2. The first-order valence-electron chi connectivity index (χ1n) is 10.1. The third kappa shape index (κ3) is 2.99. The van der Waals surface area contributed by atoms with Crippen molar-refractivity contribution in [3.8, 4) is 5.88 Å². The highest BCUT2D eigenvalue weighted by molar-refractivity contribution is 6.06. The molecule has 0 unspecified atom stereocenters. The highest BCUT2D eigenvalue weighted by atomic mass is 16.5. The van der Waals surface area contributed by atoms with Gasteiger partial charge in [-0.05, 0) is 44.6 Å². The van der Waals surface area contributed by atoms with Crippen LogP contribution in [0.15, 0.2) is 12.3 Å². The smallest absolute Gasteiger partial charge is 0.407 e. The van der Waals surface area contributed by atoms with Gasteiger partial charge in [0.2, 0.25) is 11.8 Å². The molecule has 152 valence electrons. The molecule has 2 N–H and O–H groups in total. The third-order valence-electron chi connectivity index (χ3n) is 6.83. The Morgan fingerprint density at radius 3 is 2.82 bits per heavy atom. The van der Waals surface area contributed by atoms with Crippen LogP contribution in [0.5, 0.6) is 5.88 Å². The normalized spacial score (nSPS) is 29.6. The molecular weight excluding hydrogens is 360 g/mol. The quantitative estimate of drug-likeness (QED) is 0.822. The number of rotatable bonds is 4. The molecule has 8 nitrogen and oxygen atoms in total. The standard InChI is InChI=1S/C20H28N4O4/c1-3-24(19(26)27)14-6-9-23(12-14)13-4-7-20(8-5-13)15-10-17(28-2)21-11-16(15)22-18(20)25/h10-11,13-14H,3-9,12H2,1-2H3,(H,22,25)(H,26,27)/t13?,14-,20?/m0/s1. The number of hydrogen-bond acceptors (Lipinski definition) is 5. The largest absolute Gasteiger partial charge is 0.481 e. The van der Waals surface area contributed by atoms with E-state index in [0.29, 0.717) is 18.5 Å². The van der Waals surface area contributed by atoms with Gasteiger partial charge in [0, 0.05) is 37.8 Å². The number of carboxylic acid groups (broad SMARTS) is 1. The second kappa shape index (κ2) is 7.24. The molecule has 1 saturated heterocycles. The fraction of sp³-hybridized carbons (Fsp3) is 0.650. The Balaban J connectivity index is 1.45. The first-order chi connectivity index (χ1) is 13.5. The van der Waals surface area contributed by atoms with E-state index in [1.165, 1.54) is 0 Å². The number of nitrogens with one attached hydrogen (secondary N) is 1. The zero-order valence-corrected chi connectivity index (χ0v) is 16.5. The average Bonchev–Trinajstić information content (AvgIpc) is 3.27. The number of likely N-dealkylation sites (N-methyl/N-ethyl adjacent to an activating group) is 1. The second-order valence-electron chi connectivity index (χ2n) is 8.05. The molecule has 0 bridgehead atoms. The molecule has 2 aliphatic heterocycles. The van der Waals surface area contributed by atoms with E-state index < -0.39 is 11.5 Å². The lowest BCUT2D eigenvalue weighted by Gasteiger charge is -2.39. The van der Waals surface area contributed by atoms with E-state index >= 15 is 0 Å². The molecule has 1 atom stereocenters. The number of nitrogens with zero attached hydrogens (tertiary/aromatic N) is 3. The average molecular weight is 388 g/mol. The number of amides is 2. The molecule has 1 aromatic rings. The van der Waals surface area contributed by atoms with Crippen LogP contribution in [0.2, 0.25) is 0 Å². The minimum Gasteiger partial charge on any atom is -0.481 e. The molecule has 3 aliphatic rings. The summed E-state index contributed by atoms with van der Waals surface area (Å²) < 4.78 is 5.26. The van der Waals surface area contributed by atoms with Crippen LogP contribution in [0.1, 0.15) is 44.6 Å². The predicted octanol–water partition coefficient (Wildman–Crippen LogP) is 2.30. The van der Waals surface area contributed by atoms with Gasteiger partial charge in [0.05, 0.1) is 24.4 Å². The number of ether oxygens (including phenoxy) is 1. The number of carbonyl (C=O) groups excluding carboxylic acids is 1. The molecule has 1 saturated carbocycles. The first kappa shape index (κ1) is 19.0. The molecule has 0 radical (unpaired) electrons. The van der Waals surface area contributed by atoms with Crippen molar-refractivity contribution in [2.45, 2.75) is 56.5 Å². The highest BCUT2D eigenvalue weighted by Gasteiger charge is 2.50. The summed E-state index contributed by atoms with van der Waals surface area (Å²) in [5.41, 5.74) is 1.31. The van der Waals surface area contributed by atoms with Gasteiger partial charge in [-0.15, -0.1) is 0 Å². The first-order valence-corrected chi connectivity index (χ1v) is 10.1. The maximum Gasteiger partial charge on any atom is 0.407 e. The Morgan fingerprint density at radius 1 is 1.43 bits per heavy atom. The van der Waals surface area contributed by atoms with E-state index in [4.69, 9.17) is 4.74 Å². The lowest BCUT2D eigenvalue weighted by atomic mass is 9.69. The number of hydrogen-bond donors (Lipinski definition) is 2. The van der Waals surface area contributed by atoms with E-state index in [1.54, 1.807) is 18.2 Å². The second-order valence-corrected chi connectivity index (χ2v) is 8.05. The Labute approximate surface area is 164 Å². The summed E-state index contributed by atoms with van der Waals surface area (Å²) >= 11 is 0. The minimum absolute atomic E-state index is 0.0679. The van der Waals surface area contributed by atoms with Crippen LogP contribution in [-0.4, -0.2) is 70.7 Å². The zero-order chi connectivity index (χ0) is 19.9. The third-order valence-corrected chi connectivity index (χ3v) is 6.83. The number of aromatic nitrogens is 1. The number of carbonyl (C=O) groups is 2. The van der Waals surface area contributed by atoms with E-state index in [2.05, 4.69) is 15.2 Å². The molecule has 1 spiro atoms. The number of methoxy groups -OCH3 is 1. The molecule has 2 amide bonds. The van der Waals surface area contributed by atoms with E-state index in [9.17, 15) is 14.7 Å². The Hall–Kier alpha value is -2.35. The van der Waals surface area contributed by atoms with E-state index in [-0.39, 0.29) is 11.9 Å².